The molecule has 3 heterocycles. The molecule has 2 aromatic carbocycles. The number of hydrogen-bond acceptors (Lipinski definition) is 4. The molecule has 3 aromatic rings. The van der Waals surface area contributed by atoms with Gasteiger partial charge in [0, 0.05) is 36.3 Å². The number of nitrogens with zero attached hydrogens (tertiary/aromatic N) is 2. The molecule has 0 radical (unpaired) electrons. The largest absolute Gasteiger partial charge is 0.489 e. The molecule has 0 N–H and O–H groups in total. The number of ether oxygens (including phenoxy) is 2. The van der Waals surface area contributed by atoms with Crippen molar-refractivity contribution in [2.45, 2.75) is 19.9 Å². The summed E-state index contributed by atoms with van der Waals surface area (Å²) in [7, 11) is 0. The van der Waals surface area contributed by atoms with Crippen molar-refractivity contribution in [2.24, 2.45) is 0 Å². The van der Waals surface area contributed by atoms with Crippen molar-refractivity contribution in [1.29, 1.82) is 0 Å². The summed E-state index contributed by atoms with van der Waals surface area (Å²) in [5.74, 6) is 0.946. The summed E-state index contributed by atoms with van der Waals surface area (Å²) in [4.78, 5) is 15.9. The zero-order chi connectivity index (χ0) is 20.0. The van der Waals surface area contributed by atoms with Gasteiger partial charge >= 0.3 is 0 Å². The fourth-order valence-corrected chi connectivity index (χ4v) is 4.64. The summed E-state index contributed by atoms with van der Waals surface area (Å²) in [5.41, 5.74) is 4.75. The Bertz CT molecular complexity index is 1060. The first-order valence-corrected chi connectivity index (χ1v) is 10.3. The molecule has 5 nitrogen and oxygen atoms in total. The maximum atomic E-state index is 13.5. The topological polar surface area (TPSA) is 43.7 Å². The van der Waals surface area contributed by atoms with Crippen LogP contribution in [0, 0.1) is 13.8 Å². The lowest BCUT2D eigenvalue weighted by atomic mass is 9.99. The highest BCUT2D eigenvalue weighted by Gasteiger charge is 2.31. The Morgan fingerprint density at radius 1 is 1.07 bits per heavy atom. The minimum absolute atomic E-state index is 0.0791. The van der Waals surface area contributed by atoms with Crippen LogP contribution in [-0.4, -0.2) is 54.7 Å². The van der Waals surface area contributed by atoms with E-state index < -0.39 is 0 Å². The summed E-state index contributed by atoms with van der Waals surface area (Å²) >= 11 is 0. The molecule has 1 atom stereocenters. The van der Waals surface area contributed by atoms with Crippen molar-refractivity contribution in [3.63, 3.8) is 0 Å². The minimum Gasteiger partial charge on any atom is -0.489 e. The van der Waals surface area contributed by atoms with Crippen molar-refractivity contribution < 1.29 is 14.3 Å². The lowest BCUT2D eigenvalue weighted by Crippen LogP contribution is -2.42. The van der Waals surface area contributed by atoms with Gasteiger partial charge in [-0.15, -0.1) is 0 Å². The van der Waals surface area contributed by atoms with Crippen LogP contribution in [-0.2, 0) is 4.74 Å². The molecule has 150 valence electrons. The Hall–Kier alpha value is -2.63. The number of aryl methyl sites for hydroxylation is 1. The SMILES string of the molecule is Cc1ccc(C(=O)c2c(C)n3c4c(cccc24)OCC3CN2CCOCC2)cc1. The average Bonchev–Trinajstić information content (AvgIpc) is 3.05. The van der Waals surface area contributed by atoms with Crippen LogP contribution in [0.2, 0.25) is 0 Å². The van der Waals surface area contributed by atoms with E-state index in [1.165, 1.54) is 0 Å². The maximum absolute atomic E-state index is 13.5. The van der Waals surface area contributed by atoms with Gasteiger partial charge < -0.3 is 14.0 Å². The number of carbonyl (C=O) groups is 1. The van der Waals surface area contributed by atoms with Gasteiger partial charge in [0.15, 0.2) is 5.78 Å². The third-order valence-electron chi connectivity index (χ3n) is 6.14. The smallest absolute Gasteiger partial charge is 0.195 e. The number of morpholine rings is 1. The Kier molecular flexibility index (Phi) is 4.64. The summed E-state index contributed by atoms with van der Waals surface area (Å²) in [6.45, 7) is 9.07. The van der Waals surface area contributed by atoms with Gasteiger partial charge in [0.1, 0.15) is 12.4 Å². The van der Waals surface area contributed by atoms with Crippen molar-refractivity contribution in [2.75, 3.05) is 39.5 Å². The van der Waals surface area contributed by atoms with Gasteiger partial charge in [0.25, 0.3) is 0 Å². The number of para-hydroxylation sites is 1. The number of ketones is 1. The molecule has 2 aliphatic rings. The van der Waals surface area contributed by atoms with Gasteiger partial charge in [-0.2, -0.15) is 0 Å². The first kappa shape index (κ1) is 18.4. The highest BCUT2D eigenvalue weighted by molar-refractivity contribution is 6.18. The molecule has 1 fully saturated rings. The molecule has 2 aliphatic heterocycles. The molecule has 1 aromatic heterocycles. The van der Waals surface area contributed by atoms with E-state index in [9.17, 15) is 4.79 Å². The second-order valence-corrected chi connectivity index (χ2v) is 8.06. The maximum Gasteiger partial charge on any atom is 0.195 e. The molecule has 29 heavy (non-hydrogen) atoms. The third-order valence-corrected chi connectivity index (χ3v) is 6.14. The molecule has 0 aliphatic carbocycles. The fraction of sp³-hybridized carbons (Fsp3) is 0.375. The van der Waals surface area contributed by atoms with E-state index in [2.05, 4.69) is 16.4 Å². The predicted molar refractivity (Wildman–Crippen MR) is 113 cm³/mol. The van der Waals surface area contributed by atoms with Crippen LogP contribution in [0.15, 0.2) is 42.5 Å². The van der Waals surface area contributed by atoms with Crippen LogP contribution in [0.1, 0.15) is 33.2 Å². The second kappa shape index (κ2) is 7.32. The van der Waals surface area contributed by atoms with Crippen molar-refractivity contribution >= 4 is 16.7 Å². The highest BCUT2D eigenvalue weighted by Crippen LogP contribution is 2.39. The van der Waals surface area contributed by atoms with E-state index in [0.717, 1.165) is 71.9 Å². The summed E-state index contributed by atoms with van der Waals surface area (Å²) in [6, 6.07) is 14.1. The Morgan fingerprint density at radius 3 is 2.59 bits per heavy atom. The van der Waals surface area contributed by atoms with Gasteiger partial charge in [0.2, 0.25) is 0 Å². The van der Waals surface area contributed by atoms with Crippen LogP contribution in [0.3, 0.4) is 0 Å². The molecule has 5 rings (SSSR count). The van der Waals surface area contributed by atoms with Gasteiger partial charge in [-0.25, -0.2) is 0 Å². The molecule has 5 heteroatoms. The quantitative estimate of drug-likeness (QED) is 0.637. The van der Waals surface area contributed by atoms with Crippen LogP contribution >= 0.6 is 0 Å². The standard InChI is InChI=1S/C24H26N2O3/c1-16-6-8-18(9-7-16)24(27)22-17(2)26-19(14-25-10-12-28-13-11-25)15-29-21-5-3-4-20(22)23(21)26/h3-9,19H,10-15H2,1-2H3. The van der Waals surface area contributed by atoms with E-state index in [-0.39, 0.29) is 11.8 Å². The molecule has 0 bridgehead atoms. The third kappa shape index (κ3) is 3.15. The van der Waals surface area contributed by atoms with Crippen LogP contribution in [0.25, 0.3) is 10.9 Å². The van der Waals surface area contributed by atoms with E-state index in [1.807, 2.05) is 49.4 Å². The first-order valence-electron chi connectivity index (χ1n) is 10.3. The number of carbonyl (C=O) groups excluding carboxylic acids is 1. The van der Waals surface area contributed by atoms with Crippen LogP contribution in [0.5, 0.6) is 5.75 Å². The fourth-order valence-electron chi connectivity index (χ4n) is 4.64. The van der Waals surface area contributed by atoms with Crippen molar-refractivity contribution in [3.05, 3.63) is 64.8 Å². The predicted octanol–water partition coefficient (Wildman–Crippen LogP) is 3.75. The Balaban J connectivity index is 1.60. The van der Waals surface area contributed by atoms with E-state index in [0.29, 0.717) is 6.61 Å². The van der Waals surface area contributed by atoms with Crippen LogP contribution in [0.4, 0.5) is 0 Å². The number of hydrogen-bond donors (Lipinski definition) is 0. The second-order valence-electron chi connectivity index (χ2n) is 8.06. The lowest BCUT2D eigenvalue weighted by molar-refractivity contribution is 0.0272. The number of rotatable bonds is 4. The van der Waals surface area contributed by atoms with Gasteiger partial charge in [0.05, 0.1) is 30.3 Å². The first-order chi connectivity index (χ1) is 14.1. The average molecular weight is 390 g/mol. The van der Waals surface area contributed by atoms with E-state index >= 15 is 0 Å². The van der Waals surface area contributed by atoms with E-state index in [4.69, 9.17) is 9.47 Å². The van der Waals surface area contributed by atoms with E-state index in [1.54, 1.807) is 0 Å². The molecule has 0 saturated carbocycles. The molecule has 0 amide bonds. The molecular formula is C24H26N2O3. The molecule has 0 spiro atoms. The lowest BCUT2D eigenvalue weighted by Gasteiger charge is -2.34. The molecule has 1 saturated heterocycles. The number of benzene rings is 2. The Labute approximate surface area is 170 Å². The van der Waals surface area contributed by atoms with Crippen LogP contribution < -0.4 is 4.74 Å². The van der Waals surface area contributed by atoms with Gasteiger partial charge in [-0.05, 0) is 19.9 Å². The summed E-state index contributed by atoms with van der Waals surface area (Å²) < 4.78 is 14.0. The monoisotopic (exact) mass is 390 g/mol. The molecule has 1 unspecified atom stereocenters. The number of aromatic nitrogens is 1. The van der Waals surface area contributed by atoms with Crippen molar-refractivity contribution in [3.8, 4) is 5.75 Å². The molecular weight excluding hydrogens is 364 g/mol. The zero-order valence-electron chi connectivity index (χ0n) is 17.0. The Morgan fingerprint density at radius 2 is 1.83 bits per heavy atom. The van der Waals surface area contributed by atoms with Gasteiger partial charge in [-0.3, -0.25) is 9.69 Å². The summed E-state index contributed by atoms with van der Waals surface area (Å²) in [6.07, 6.45) is 0. The normalized spacial score (nSPS) is 19.3. The van der Waals surface area contributed by atoms with Crippen molar-refractivity contribution in [1.82, 2.24) is 9.47 Å². The highest BCUT2D eigenvalue weighted by atomic mass is 16.5. The van der Waals surface area contributed by atoms with Gasteiger partial charge in [-0.1, -0.05) is 42.0 Å². The zero-order valence-corrected chi connectivity index (χ0v) is 17.0. The minimum atomic E-state index is 0.0791. The summed E-state index contributed by atoms with van der Waals surface area (Å²) in [5, 5.41) is 0.984.